The van der Waals surface area contributed by atoms with Crippen molar-refractivity contribution in [2.24, 2.45) is 40.9 Å². The molecule has 0 aromatic carbocycles. The highest BCUT2D eigenvalue weighted by Crippen LogP contribution is 2.63. The van der Waals surface area contributed by atoms with Crippen LogP contribution in [0.3, 0.4) is 0 Å². The van der Waals surface area contributed by atoms with Gasteiger partial charge < -0.3 is 10.2 Å². The van der Waals surface area contributed by atoms with E-state index in [9.17, 15) is 10.2 Å². The van der Waals surface area contributed by atoms with Crippen molar-refractivity contribution in [2.45, 2.75) is 96.7 Å². The van der Waals surface area contributed by atoms with Crippen molar-refractivity contribution in [3.05, 3.63) is 0 Å². The maximum absolute atomic E-state index is 10.5. The van der Waals surface area contributed by atoms with Gasteiger partial charge in [0.05, 0.1) is 11.7 Å². The van der Waals surface area contributed by atoms with Gasteiger partial charge in [-0.15, -0.1) is 0 Å². The van der Waals surface area contributed by atoms with E-state index in [0.29, 0.717) is 11.3 Å². The molecule has 0 saturated heterocycles. The highest BCUT2D eigenvalue weighted by Gasteiger charge is 2.56. The third-order valence-electron chi connectivity index (χ3n) is 9.13. The summed E-state index contributed by atoms with van der Waals surface area (Å²) in [6.45, 7) is 6.61. The monoisotopic (exact) mass is 334 g/mol. The molecular weight excluding hydrogens is 296 g/mol. The quantitative estimate of drug-likeness (QED) is 0.724. The summed E-state index contributed by atoms with van der Waals surface area (Å²) in [6.07, 6.45) is 12.5. The van der Waals surface area contributed by atoms with Crippen LogP contribution in [0.25, 0.3) is 0 Å². The molecule has 2 nitrogen and oxygen atoms in total. The largest absolute Gasteiger partial charge is 0.393 e. The van der Waals surface area contributed by atoms with Gasteiger partial charge in [-0.2, -0.15) is 0 Å². The molecule has 0 aromatic heterocycles. The Morgan fingerprint density at radius 2 is 1.62 bits per heavy atom. The predicted molar refractivity (Wildman–Crippen MR) is 97.5 cm³/mol. The van der Waals surface area contributed by atoms with Crippen molar-refractivity contribution in [3.8, 4) is 0 Å². The molecule has 0 spiro atoms. The molecule has 1 unspecified atom stereocenters. The van der Waals surface area contributed by atoms with E-state index in [0.717, 1.165) is 42.4 Å². The number of hydrogen-bond donors (Lipinski definition) is 2. The minimum Gasteiger partial charge on any atom is -0.393 e. The zero-order valence-electron chi connectivity index (χ0n) is 16.0. The number of aliphatic hydroxyl groups is 2. The van der Waals surface area contributed by atoms with E-state index in [2.05, 4.69) is 13.8 Å². The molecule has 4 aliphatic rings. The summed E-state index contributed by atoms with van der Waals surface area (Å²) in [5, 5.41) is 20.9. The normalized spacial score (nSPS) is 55.9. The zero-order valence-corrected chi connectivity index (χ0v) is 16.0. The second-order valence-electron chi connectivity index (χ2n) is 10.5. The Morgan fingerprint density at radius 1 is 0.875 bits per heavy atom. The summed E-state index contributed by atoms with van der Waals surface area (Å²) in [5.74, 6) is 4.81. The molecule has 4 rings (SSSR count). The number of aliphatic hydroxyl groups excluding tert-OH is 1. The van der Waals surface area contributed by atoms with Gasteiger partial charge in [0, 0.05) is 0 Å². The van der Waals surface area contributed by atoms with E-state index in [1.807, 2.05) is 6.92 Å². The molecule has 0 aliphatic heterocycles. The molecule has 0 bridgehead atoms. The Morgan fingerprint density at radius 3 is 2.38 bits per heavy atom. The second-order valence-corrected chi connectivity index (χ2v) is 10.5. The summed E-state index contributed by atoms with van der Waals surface area (Å²) < 4.78 is 0. The van der Waals surface area contributed by atoms with Gasteiger partial charge in [-0.25, -0.2) is 0 Å². The Labute approximate surface area is 148 Å². The molecule has 0 aromatic rings. The van der Waals surface area contributed by atoms with Gasteiger partial charge >= 0.3 is 0 Å². The van der Waals surface area contributed by atoms with Crippen molar-refractivity contribution >= 4 is 0 Å². The molecule has 2 N–H and O–H groups in total. The number of rotatable bonds is 1. The number of fused-ring (bicyclic) bond motifs is 5. The average molecular weight is 335 g/mol. The summed E-state index contributed by atoms with van der Waals surface area (Å²) in [7, 11) is 0. The van der Waals surface area contributed by atoms with Crippen LogP contribution in [0.2, 0.25) is 0 Å². The van der Waals surface area contributed by atoms with E-state index in [4.69, 9.17) is 0 Å². The first-order valence-corrected chi connectivity index (χ1v) is 10.7. The van der Waals surface area contributed by atoms with Crippen molar-refractivity contribution in [2.75, 3.05) is 0 Å². The van der Waals surface area contributed by atoms with Gasteiger partial charge in [0.1, 0.15) is 0 Å². The summed E-state index contributed by atoms with van der Waals surface area (Å²) in [6, 6.07) is 0. The Hall–Kier alpha value is -0.0800. The molecule has 0 radical (unpaired) electrons. The molecule has 9 atom stereocenters. The van der Waals surface area contributed by atoms with Gasteiger partial charge in [-0.1, -0.05) is 13.3 Å². The highest BCUT2D eigenvalue weighted by molar-refractivity contribution is 5.06. The molecule has 4 fully saturated rings. The molecule has 4 aliphatic carbocycles. The fourth-order valence-corrected chi connectivity index (χ4v) is 8.11. The number of hydrogen-bond acceptors (Lipinski definition) is 2. The summed E-state index contributed by atoms with van der Waals surface area (Å²) in [4.78, 5) is 0. The average Bonchev–Trinajstić information content (AvgIpc) is 2.51. The van der Waals surface area contributed by atoms with Crippen LogP contribution in [0.15, 0.2) is 0 Å². The van der Waals surface area contributed by atoms with Gasteiger partial charge in [0.15, 0.2) is 0 Å². The summed E-state index contributed by atoms with van der Waals surface area (Å²) in [5.41, 5.74) is -0.0278. The van der Waals surface area contributed by atoms with Gasteiger partial charge in [-0.05, 0) is 113 Å². The molecule has 0 heterocycles. The third kappa shape index (κ3) is 2.67. The zero-order chi connectivity index (χ0) is 17.1. The lowest BCUT2D eigenvalue weighted by atomic mass is 9.44. The van der Waals surface area contributed by atoms with E-state index < -0.39 is 5.60 Å². The Kier molecular flexibility index (Phi) is 4.32. The standard InChI is InChI=1S/C22H38O2/c1-14(23)19-5-4-6-20-18-8-7-15-13-21(2,24)11-9-16(15)17(18)10-12-22(19,20)3/h14-20,23-24H,4-13H2,1-3H3/t14?,15-,16+,17-,18-,19-,20+,21-,22-/m1/s1. The van der Waals surface area contributed by atoms with Crippen LogP contribution in [-0.4, -0.2) is 21.9 Å². The van der Waals surface area contributed by atoms with Crippen molar-refractivity contribution in [1.82, 2.24) is 0 Å². The van der Waals surface area contributed by atoms with Crippen LogP contribution in [0.1, 0.15) is 85.0 Å². The van der Waals surface area contributed by atoms with Crippen LogP contribution in [0, 0.1) is 40.9 Å². The van der Waals surface area contributed by atoms with Crippen LogP contribution in [-0.2, 0) is 0 Å². The first kappa shape index (κ1) is 17.3. The maximum atomic E-state index is 10.5. The Bertz CT molecular complexity index is 471. The van der Waals surface area contributed by atoms with E-state index in [-0.39, 0.29) is 6.10 Å². The van der Waals surface area contributed by atoms with E-state index >= 15 is 0 Å². The van der Waals surface area contributed by atoms with Crippen LogP contribution >= 0.6 is 0 Å². The van der Waals surface area contributed by atoms with E-state index in [1.54, 1.807) is 0 Å². The minimum absolute atomic E-state index is 0.143. The van der Waals surface area contributed by atoms with Crippen molar-refractivity contribution in [3.63, 3.8) is 0 Å². The van der Waals surface area contributed by atoms with Crippen molar-refractivity contribution < 1.29 is 10.2 Å². The lowest BCUT2D eigenvalue weighted by Crippen LogP contribution is -2.55. The molecule has 4 saturated carbocycles. The molecular formula is C22H38O2. The van der Waals surface area contributed by atoms with Gasteiger partial charge in [-0.3, -0.25) is 0 Å². The van der Waals surface area contributed by atoms with Crippen LogP contribution in [0.5, 0.6) is 0 Å². The second kappa shape index (κ2) is 5.98. The lowest BCUT2D eigenvalue weighted by molar-refractivity contribution is -0.141. The minimum atomic E-state index is -0.403. The Balaban J connectivity index is 1.56. The predicted octanol–water partition coefficient (Wildman–Crippen LogP) is 4.78. The van der Waals surface area contributed by atoms with Crippen molar-refractivity contribution in [1.29, 1.82) is 0 Å². The highest BCUT2D eigenvalue weighted by atomic mass is 16.3. The SMILES string of the molecule is CC(O)[C@H]1CCC[C@H]2[C@@H]3CC[C@@H]4C[C@](C)(O)CC[C@@H]4[C@H]3CC[C@]12C. The molecule has 24 heavy (non-hydrogen) atoms. The summed E-state index contributed by atoms with van der Waals surface area (Å²) >= 11 is 0. The topological polar surface area (TPSA) is 40.5 Å². The maximum Gasteiger partial charge on any atom is 0.0622 e. The van der Waals surface area contributed by atoms with Gasteiger partial charge in [0.25, 0.3) is 0 Å². The molecule has 2 heteroatoms. The first-order valence-electron chi connectivity index (χ1n) is 10.7. The molecule has 0 amide bonds. The van der Waals surface area contributed by atoms with E-state index in [1.165, 1.54) is 51.4 Å². The smallest absolute Gasteiger partial charge is 0.0622 e. The van der Waals surface area contributed by atoms with Crippen LogP contribution in [0.4, 0.5) is 0 Å². The first-order chi connectivity index (χ1) is 11.3. The lowest BCUT2D eigenvalue weighted by Gasteiger charge is -2.61. The fourth-order valence-electron chi connectivity index (χ4n) is 8.11. The van der Waals surface area contributed by atoms with Gasteiger partial charge in [0.2, 0.25) is 0 Å². The fraction of sp³-hybridized carbons (Fsp3) is 1.00. The van der Waals surface area contributed by atoms with Crippen LogP contribution < -0.4 is 0 Å². The third-order valence-corrected chi connectivity index (χ3v) is 9.13. The molecule has 138 valence electrons.